The van der Waals surface area contributed by atoms with E-state index in [0.717, 1.165) is 16.3 Å². The zero-order valence-electron chi connectivity index (χ0n) is 10.8. The lowest BCUT2D eigenvalue weighted by atomic mass is 9.89. The van der Waals surface area contributed by atoms with Crippen LogP contribution in [0.2, 0.25) is 0 Å². The summed E-state index contributed by atoms with van der Waals surface area (Å²) < 4.78 is 0. The third-order valence-electron chi connectivity index (χ3n) is 3.80. The van der Waals surface area contributed by atoms with Crippen LogP contribution >= 0.6 is 0 Å². The van der Waals surface area contributed by atoms with E-state index >= 15 is 0 Å². The molecule has 0 aliphatic carbocycles. The summed E-state index contributed by atoms with van der Waals surface area (Å²) in [5.41, 5.74) is 0.817. The van der Waals surface area contributed by atoms with Gasteiger partial charge < -0.3 is 5.32 Å². The van der Waals surface area contributed by atoms with E-state index < -0.39 is 12.1 Å². The van der Waals surface area contributed by atoms with Crippen LogP contribution in [0.25, 0.3) is 10.8 Å². The van der Waals surface area contributed by atoms with Gasteiger partial charge in [-0.05, 0) is 16.3 Å². The Hall–Kier alpha value is -2.43. The van der Waals surface area contributed by atoms with Crippen LogP contribution in [0.4, 0.5) is 0 Å². The Bertz CT molecular complexity index is 678. The Morgan fingerprint density at radius 2 is 1.90 bits per heavy atom. The molecule has 2 aromatic rings. The van der Waals surface area contributed by atoms with Crippen molar-refractivity contribution in [2.24, 2.45) is 0 Å². The van der Waals surface area contributed by atoms with Crippen LogP contribution in [-0.2, 0) is 4.79 Å². The minimum atomic E-state index is -0.765. The molecule has 0 aromatic heterocycles. The second-order valence-corrected chi connectivity index (χ2v) is 5.00. The lowest BCUT2D eigenvalue weighted by Gasteiger charge is -2.27. The van der Waals surface area contributed by atoms with Crippen LogP contribution in [0, 0.1) is 10.1 Å². The van der Waals surface area contributed by atoms with E-state index in [4.69, 9.17) is 0 Å². The molecule has 5 nitrogen and oxygen atoms in total. The Labute approximate surface area is 115 Å². The van der Waals surface area contributed by atoms with Crippen LogP contribution in [0.3, 0.4) is 0 Å². The number of rotatable bonds is 2. The van der Waals surface area contributed by atoms with Crippen LogP contribution < -0.4 is 5.32 Å². The zero-order valence-corrected chi connectivity index (χ0v) is 10.8. The van der Waals surface area contributed by atoms with Gasteiger partial charge in [0.2, 0.25) is 11.9 Å². The summed E-state index contributed by atoms with van der Waals surface area (Å²) in [7, 11) is 0. The van der Waals surface area contributed by atoms with E-state index in [-0.39, 0.29) is 23.7 Å². The number of hydrogen-bond donors (Lipinski definition) is 1. The predicted molar refractivity (Wildman–Crippen MR) is 74.8 cm³/mol. The van der Waals surface area contributed by atoms with Gasteiger partial charge in [-0.1, -0.05) is 42.5 Å². The summed E-state index contributed by atoms with van der Waals surface area (Å²) in [5, 5.41) is 16.0. The molecule has 1 aliphatic heterocycles. The van der Waals surface area contributed by atoms with Gasteiger partial charge in [0.15, 0.2) is 0 Å². The predicted octanol–water partition coefficient (Wildman–Crippen LogP) is 2.44. The van der Waals surface area contributed by atoms with E-state index in [9.17, 15) is 14.9 Å². The van der Waals surface area contributed by atoms with E-state index in [1.807, 2.05) is 42.5 Å². The third kappa shape index (κ3) is 2.11. The number of nitrogens with one attached hydrogen (secondary N) is 1. The summed E-state index contributed by atoms with van der Waals surface area (Å²) >= 11 is 0. The fourth-order valence-electron chi connectivity index (χ4n) is 2.82. The number of fused-ring (bicyclic) bond motifs is 1. The van der Waals surface area contributed by atoms with Crippen molar-refractivity contribution in [2.45, 2.75) is 24.9 Å². The molecule has 1 aliphatic rings. The highest BCUT2D eigenvalue weighted by Gasteiger charge is 2.38. The van der Waals surface area contributed by atoms with E-state index in [2.05, 4.69) is 5.32 Å². The van der Waals surface area contributed by atoms with Gasteiger partial charge in [0.05, 0.1) is 0 Å². The van der Waals surface area contributed by atoms with Gasteiger partial charge in [-0.15, -0.1) is 0 Å². The lowest BCUT2D eigenvalue weighted by molar-refractivity contribution is -0.529. The average molecular weight is 270 g/mol. The molecule has 1 heterocycles. The molecule has 1 amide bonds. The number of amides is 1. The number of carbonyl (C=O) groups excluding carboxylic acids is 1. The molecule has 0 spiro atoms. The molecule has 102 valence electrons. The molecule has 2 atom stereocenters. The van der Waals surface area contributed by atoms with E-state index in [0.29, 0.717) is 0 Å². The first-order valence-electron chi connectivity index (χ1n) is 6.57. The lowest BCUT2D eigenvalue weighted by Crippen LogP contribution is -2.45. The van der Waals surface area contributed by atoms with Crippen molar-refractivity contribution in [1.29, 1.82) is 0 Å². The number of hydrogen-bond acceptors (Lipinski definition) is 3. The molecule has 2 aromatic carbocycles. The summed E-state index contributed by atoms with van der Waals surface area (Å²) in [6, 6.07) is 12.1. The molecule has 1 saturated heterocycles. The zero-order chi connectivity index (χ0) is 14.1. The van der Waals surface area contributed by atoms with E-state index in [1.54, 1.807) is 0 Å². The first-order chi connectivity index (χ1) is 9.66. The van der Waals surface area contributed by atoms with Crippen molar-refractivity contribution in [2.75, 3.05) is 0 Å². The quantitative estimate of drug-likeness (QED) is 0.673. The van der Waals surface area contributed by atoms with Gasteiger partial charge in [0, 0.05) is 17.8 Å². The van der Waals surface area contributed by atoms with Crippen molar-refractivity contribution in [1.82, 2.24) is 5.32 Å². The van der Waals surface area contributed by atoms with Crippen molar-refractivity contribution >= 4 is 16.7 Å². The first kappa shape index (κ1) is 12.6. The van der Waals surface area contributed by atoms with Crippen LogP contribution in [0.1, 0.15) is 24.4 Å². The molecule has 0 saturated carbocycles. The molecule has 1 fully saturated rings. The number of piperidine rings is 1. The van der Waals surface area contributed by atoms with Gasteiger partial charge in [-0.2, -0.15) is 0 Å². The van der Waals surface area contributed by atoms with Crippen molar-refractivity contribution in [3.63, 3.8) is 0 Å². The van der Waals surface area contributed by atoms with Crippen LogP contribution in [0.15, 0.2) is 42.5 Å². The Morgan fingerprint density at radius 1 is 1.15 bits per heavy atom. The fourth-order valence-corrected chi connectivity index (χ4v) is 2.82. The molecule has 20 heavy (non-hydrogen) atoms. The van der Waals surface area contributed by atoms with Crippen molar-refractivity contribution in [3.8, 4) is 0 Å². The monoisotopic (exact) mass is 270 g/mol. The number of nitrogens with zero attached hydrogens (tertiary/aromatic N) is 1. The summed E-state index contributed by atoms with van der Waals surface area (Å²) in [5.74, 6) is -0.124. The average Bonchev–Trinajstić information content (AvgIpc) is 2.46. The molecular formula is C15H14N2O3. The van der Waals surface area contributed by atoms with Crippen molar-refractivity contribution < 1.29 is 9.72 Å². The molecule has 0 radical (unpaired) electrons. The van der Waals surface area contributed by atoms with Gasteiger partial charge in [-0.25, -0.2) is 0 Å². The van der Waals surface area contributed by atoms with Gasteiger partial charge >= 0.3 is 0 Å². The van der Waals surface area contributed by atoms with Gasteiger partial charge in [0.1, 0.15) is 6.04 Å². The third-order valence-corrected chi connectivity index (χ3v) is 3.80. The smallest absolute Gasteiger partial charge is 0.237 e. The highest BCUT2D eigenvalue weighted by Crippen LogP contribution is 2.31. The molecule has 0 bridgehead atoms. The Morgan fingerprint density at radius 3 is 2.70 bits per heavy atom. The normalized spacial score (nSPS) is 22.5. The maximum atomic E-state index is 11.6. The largest absolute Gasteiger partial charge is 0.343 e. The minimum Gasteiger partial charge on any atom is -0.343 e. The Kier molecular flexibility index (Phi) is 3.10. The second kappa shape index (κ2) is 4.92. The summed E-state index contributed by atoms with van der Waals surface area (Å²) in [6.45, 7) is 0. The number of nitro groups is 1. The minimum absolute atomic E-state index is 0.124. The maximum Gasteiger partial charge on any atom is 0.237 e. The molecule has 5 heteroatoms. The fraction of sp³-hybridized carbons (Fsp3) is 0.267. The topological polar surface area (TPSA) is 72.2 Å². The number of benzene rings is 2. The molecule has 3 rings (SSSR count). The molecular weight excluding hydrogens is 256 g/mol. The van der Waals surface area contributed by atoms with Crippen LogP contribution in [0.5, 0.6) is 0 Å². The SMILES string of the molecule is O=C1CC[C@H]([N+](=O)[O-])[C@@H](c2cccc3ccccc23)N1. The first-order valence-corrected chi connectivity index (χ1v) is 6.57. The van der Waals surface area contributed by atoms with Crippen LogP contribution in [-0.4, -0.2) is 16.9 Å². The highest BCUT2D eigenvalue weighted by atomic mass is 16.6. The van der Waals surface area contributed by atoms with E-state index in [1.165, 1.54) is 0 Å². The standard InChI is InChI=1S/C15H14N2O3/c18-14-9-8-13(17(19)20)15(16-14)12-7-3-5-10-4-1-2-6-11(10)12/h1-7,13,15H,8-9H2,(H,16,18)/t13-,15+/m0/s1. The molecule has 1 N–H and O–H groups in total. The van der Waals surface area contributed by atoms with Gasteiger partial charge in [0.25, 0.3) is 0 Å². The second-order valence-electron chi connectivity index (χ2n) is 5.00. The van der Waals surface area contributed by atoms with Gasteiger partial charge in [-0.3, -0.25) is 14.9 Å². The summed E-state index contributed by atoms with van der Waals surface area (Å²) in [4.78, 5) is 22.6. The molecule has 0 unspecified atom stereocenters. The maximum absolute atomic E-state index is 11.6. The number of carbonyl (C=O) groups is 1. The Balaban J connectivity index is 2.12. The summed E-state index contributed by atoms with van der Waals surface area (Å²) in [6.07, 6.45) is 0.500. The highest BCUT2D eigenvalue weighted by molar-refractivity contribution is 5.87. The van der Waals surface area contributed by atoms with Crippen molar-refractivity contribution in [3.05, 3.63) is 58.1 Å².